The molecular weight excluding hydrogens is 308 g/mol. The molecule has 128 valence electrons. The highest BCUT2D eigenvalue weighted by molar-refractivity contribution is 6.06. The molecule has 0 radical (unpaired) electrons. The molecule has 2 heterocycles. The smallest absolute Gasteiger partial charge is 0.274 e. The first-order valence-corrected chi connectivity index (χ1v) is 8.05. The summed E-state index contributed by atoms with van der Waals surface area (Å²) in [6.45, 7) is 1.20. The lowest BCUT2D eigenvalue weighted by Gasteiger charge is -2.22. The Morgan fingerprint density at radius 3 is 3.12 bits per heavy atom. The van der Waals surface area contributed by atoms with Crippen molar-refractivity contribution >= 4 is 22.8 Å². The van der Waals surface area contributed by atoms with Gasteiger partial charge in [-0.2, -0.15) is 0 Å². The number of ether oxygens (including phenoxy) is 2. The Kier molecular flexibility index (Phi) is 5.12. The van der Waals surface area contributed by atoms with Crippen molar-refractivity contribution < 1.29 is 14.3 Å². The molecule has 1 amide bonds. The molecule has 1 atom stereocenters. The van der Waals surface area contributed by atoms with Crippen molar-refractivity contribution in [1.82, 2.24) is 10.3 Å². The number of aromatic nitrogens is 1. The predicted molar refractivity (Wildman–Crippen MR) is 91.7 cm³/mol. The van der Waals surface area contributed by atoms with Gasteiger partial charge in [-0.1, -0.05) is 12.1 Å². The predicted octanol–water partition coefficient (Wildman–Crippen LogP) is 1.89. The molecule has 0 aliphatic carbocycles. The van der Waals surface area contributed by atoms with Gasteiger partial charge in [-0.05, 0) is 37.0 Å². The first-order chi connectivity index (χ1) is 11.7. The minimum Gasteiger partial charge on any atom is -0.370 e. The van der Waals surface area contributed by atoms with Gasteiger partial charge < -0.3 is 20.2 Å². The van der Waals surface area contributed by atoms with Crippen LogP contribution in [0.2, 0.25) is 0 Å². The number of hydrogen-bond acceptors (Lipinski definition) is 4. The van der Waals surface area contributed by atoms with E-state index in [2.05, 4.69) is 15.3 Å². The molecular formula is C17H22N4O3. The number of guanidine groups is 1. The molecule has 1 aromatic heterocycles. The van der Waals surface area contributed by atoms with Crippen molar-refractivity contribution in [3.05, 3.63) is 35.5 Å². The maximum Gasteiger partial charge on any atom is 0.274 e. The molecule has 4 N–H and O–H groups in total. The molecule has 1 aliphatic heterocycles. The second kappa shape index (κ2) is 7.46. The zero-order valence-electron chi connectivity index (χ0n) is 13.7. The first-order valence-electron chi connectivity index (χ1n) is 8.05. The molecule has 2 aromatic rings. The zero-order chi connectivity index (χ0) is 16.9. The number of carbonyl (C=O) groups is 1. The Morgan fingerprint density at radius 1 is 1.50 bits per heavy atom. The van der Waals surface area contributed by atoms with Crippen LogP contribution < -0.4 is 11.1 Å². The third-order valence-electron chi connectivity index (χ3n) is 4.04. The van der Waals surface area contributed by atoms with E-state index in [0.29, 0.717) is 12.3 Å². The maximum absolute atomic E-state index is 12.1. The zero-order valence-corrected chi connectivity index (χ0v) is 13.7. The molecule has 1 unspecified atom stereocenters. The van der Waals surface area contributed by atoms with Gasteiger partial charge in [-0.15, -0.1) is 0 Å². The highest BCUT2D eigenvalue weighted by Crippen LogP contribution is 2.22. The number of hydrogen-bond donors (Lipinski definition) is 3. The lowest BCUT2D eigenvalue weighted by Crippen LogP contribution is -2.36. The van der Waals surface area contributed by atoms with E-state index < -0.39 is 0 Å². The summed E-state index contributed by atoms with van der Waals surface area (Å²) in [4.78, 5) is 19.0. The lowest BCUT2D eigenvalue weighted by atomic mass is 10.1. The molecule has 0 spiro atoms. The van der Waals surface area contributed by atoms with E-state index in [0.717, 1.165) is 42.3 Å². The van der Waals surface area contributed by atoms with E-state index in [9.17, 15) is 4.79 Å². The van der Waals surface area contributed by atoms with Crippen LogP contribution in [0.4, 0.5) is 0 Å². The number of rotatable bonds is 4. The van der Waals surface area contributed by atoms with Crippen LogP contribution in [0.5, 0.6) is 0 Å². The van der Waals surface area contributed by atoms with Crippen molar-refractivity contribution in [2.24, 2.45) is 10.7 Å². The number of carbonyl (C=O) groups excluding carboxylic acids is 1. The van der Waals surface area contributed by atoms with Gasteiger partial charge >= 0.3 is 0 Å². The summed E-state index contributed by atoms with van der Waals surface area (Å²) in [6, 6.07) is 7.64. The first kappa shape index (κ1) is 16.5. The number of benzene rings is 1. The Hall–Kier alpha value is -2.38. The quantitative estimate of drug-likeness (QED) is 0.588. The lowest BCUT2D eigenvalue weighted by molar-refractivity contribution is -0.168. The van der Waals surface area contributed by atoms with E-state index in [4.69, 9.17) is 15.2 Å². The van der Waals surface area contributed by atoms with Gasteiger partial charge in [0.25, 0.3) is 5.91 Å². The van der Waals surface area contributed by atoms with Gasteiger partial charge in [0.2, 0.25) is 0 Å². The molecule has 1 aliphatic rings. The number of fused-ring (bicyclic) bond motifs is 1. The van der Waals surface area contributed by atoms with Gasteiger partial charge in [0, 0.05) is 24.6 Å². The van der Waals surface area contributed by atoms with Crippen molar-refractivity contribution in [3.63, 3.8) is 0 Å². The second-order valence-electron chi connectivity index (χ2n) is 5.73. The van der Waals surface area contributed by atoms with E-state index in [1.807, 2.05) is 18.2 Å². The average molecular weight is 330 g/mol. The summed E-state index contributed by atoms with van der Waals surface area (Å²) in [7, 11) is 1.52. The van der Waals surface area contributed by atoms with E-state index in [1.165, 1.54) is 7.05 Å². The summed E-state index contributed by atoms with van der Waals surface area (Å²) in [6.07, 6.45) is 3.00. The van der Waals surface area contributed by atoms with Crippen LogP contribution in [-0.4, -0.2) is 36.8 Å². The topological polar surface area (TPSA) is 102 Å². The summed E-state index contributed by atoms with van der Waals surface area (Å²) in [5.74, 6) is -0.242. The fourth-order valence-electron chi connectivity index (χ4n) is 2.73. The van der Waals surface area contributed by atoms with Crippen LogP contribution in [0.15, 0.2) is 29.3 Å². The molecule has 1 saturated heterocycles. The average Bonchev–Trinajstić information content (AvgIpc) is 3.05. The van der Waals surface area contributed by atoms with E-state index in [-0.39, 0.29) is 18.2 Å². The molecule has 3 rings (SSSR count). The summed E-state index contributed by atoms with van der Waals surface area (Å²) >= 11 is 0. The number of nitrogens with zero attached hydrogens (tertiary/aromatic N) is 1. The third-order valence-corrected chi connectivity index (χ3v) is 4.04. The number of aromatic amines is 1. The van der Waals surface area contributed by atoms with Gasteiger partial charge in [0.05, 0.1) is 6.61 Å². The fourth-order valence-corrected chi connectivity index (χ4v) is 2.73. The molecule has 0 saturated carbocycles. The Labute approximate surface area is 140 Å². The van der Waals surface area contributed by atoms with Crippen LogP contribution in [0.3, 0.4) is 0 Å². The van der Waals surface area contributed by atoms with Gasteiger partial charge in [-0.25, -0.2) is 0 Å². The minimum atomic E-state index is -0.322. The van der Waals surface area contributed by atoms with Crippen molar-refractivity contribution in [2.75, 3.05) is 13.7 Å². The standard InChI is InChI=1S/C17H22N4O3/c1-19-17(18)21-16(22)14-9-12-11(5-4-6-13(12)20-14)10-24-15-7-2-3-8-23-15/h4-6,9,15,20H,2-3,7-8,10H2,1H3,(H3,18,19,21,22). The highest BCUT2D eigenvalue weighted by atomic mass is 16.7. The SMILES string of the molecule is CN=C(N)NC(=O)c1cc2c(COC3CCCCO3)cccc2[nH]1. The van der Waals surface area contributed by atoms with Gasteiger partial charge in [-0.3, -0.25) is 15.1 Å². The Balaban J connectivity index is 1.75. The van der Waals surface area contributed by atoms with E-state index >= 15 is 0 Å². The number of nitrogens with one attached hydrogen (secondary N) is 2. The number of H-pyrrole nitrogens is 1. The summed E-state index contributed by atoms with van der Waals surface area (Å²) < 4.78 is 11.4. The summed E-state index contributed by atoms with van der Waals surface area (Å²) in [5.41, 5.74) is 7.85. The van der Waals surface area contributed by atoms with Crippen molar-refractivity contribution in [2.45, 2.75) is 32.2 Å². The van der Waals surface area contributed by atoms with Crippen molar-refractivity contribution in [1.29, 1.82) is 0 Å². The normalized spacial score (nSPS) is 18.7. The largest absolute Gasteiger partial charge is 0.370 e. The number of aliphatic imine (C=N–C) groups is 1. The van der Waals surface area contributed by atoms with Gasteiger partial charge in [0.15, 0.2) is 12.2 Å². The Bertz CT molecular complexity index is 747. The molecule has 1 fully saturated rings. The molecule has 24 heavy (non-hydrogen) atoms. The number of nitrogens with two attached hydrogens (primary N) is 1. The Morgan fingerprint density at radius 2 is 2.38 bits per heavy atom. The summed E-state index contributed by atoms with van der Waals surface area (Å²) in [5, 5.41) is 3.47. The van der Waals surface area contributed by atoms with Crippen molar-refractivity contribution in [3.8, 4) is 0 Å². The van der Waals surface area contributed by atoms with Gasteiger partial charge in [0.1, 0.15) is 5.69 Å². The van der Waals surface area contributed by atoms with E-state index in [1.54, 1.807) is 6.07 Å². The molecule has 0 bridgehead atoms. The highest BCUT2D eigenvalue weighted by Gasteiger charge is 2.16. The maximum atomic E-state index is 12.1. The third kappa shape index (κ3) is 3.74. The minimum absolute atomic E-state index is 0.0802. The van der Waals surface area contributed by atoms with Crippen LogP contribution in [-0.2, 0) is 16.1 Å². The molecule has 7 nitrogen and oxygen atoms in total. The van der Waals surface area contributed by atoms with Crippen LogP contribution in [0.1, 0.15) is 35.3 Å². The molecule has 7 heteroatoms. The van der Waals surface area contributed by atoms with Crippen LogP contribution in [0, 0.1) is 0 Å². The van der Waals surface area contributed by atoms with Crippen LogP contribution >= 0.6 is 0 Å². The fraction of sp³-hybridized carbons (Fsp3) is 0.412. The molecule has 1 aromatic carbocycles. The second-order valence-corrected chi connectivity index (χ2v) is 5.73. The monoisotopic (exact) mass is 330 g/mol. The van der Waals surface area contributed by atoms with Crippen LogP contribution in [0.25, 0.3) is 10.9 Å². The number of amides is 1.